The molecule has 1 aromatic rings. The van der Waals surface area contributed by atoms with E-state index in [-0.39, 0.29) is 11.8 Å². The second-order valence-electron chi connectivity index (χ2n) is 4.48. The molecule has 2 heterocycles. The summed E-state index contributed by atoms with van der Waals surface area (Å²) in [6, 6.07) is 4.34. The molecule has 0 fully saturated rings. The summed E-state index contributed by atoms with van der Waals surface area (Å²) in [6.45, 7) is 4.12. The third-order valence-electron chi connectivity index (χ3n) is 3.02. The SMILES string of the molecule is CCCSC1=C(C#N)[C@@H](c2sccc2C)CC(=O)N1. The van der Waals surface area contributed by atoms with Gasteiger partial charge in [-0.1, -0.05) is 6.92 Å². The largest absolute Gasteiger partial charge is 0.320 e. The Morgan fingerprint density at radius 1 is 1.63 bits per heavy atom. The van der Waals surface area contributed by atoms with Crippen molar-refractivity contribution in [1.82, 2.24) is 5.32 Å². The molecule has 0 bridgehead atoms. The van der Waals surface area contributed by atoms with Crippen LogP contribution in [0.25, 0.3) is 0 Å². The fraction of sp³-hybridized carbons (Fsp3) is 0.429. The van der Waals surface area contributed by atoms with E-state index >= 15 is 0 Å². The number of aryl methyl sites for hydroxylation is 1. The van der Waals surface area contributed by atoms with E-state index in [0.717, 1.165) is 27.6 Å². The number of carbonyl (C=O) groups excluding carboxylic acids is 1. The normalized spacial score (nSPS) is 19.2. The average molecular weight is 292 g/mol. The number of hydrogen-bond acceptors (Lipinski definition) is 4. The Kier molecular flexibility index (Phi) is 4.67. The van der Waals surface area contributed by atoms with Gasteiger partial charge in [0.1, 0.15) is 0 Å². The topological polar surface area (TPSA) is 52.9 Å². The quantitative estimate of drug-likeness (QED) is 0.923. The van der Waals surface area contributed by atoms with Gasteiger partial charge in [0, 0.05) is 17.2 Å². The third kappa shape index (κ3) is 3.02. The summed E-state index contributed by atoms with van der Waals surface area (Å²) in [4.78, 5) is 13.0. The van der Waals surface area contributed by atoms with Crippen molar-refractivity contribution in [2.75, 3.05) is 5.75 Å². The zero-order valence-corrected chi connectivity index (χ0v) is 12.7. The zero-order valence-electron chi connectivity index (χ0n) is 11.0. The Morgan fingerprint density at radius 2 is 2.42 bits per heavy atom. The lowest BCUT2D eigenvalue weighted by Gasteiger charge is -2.24. The maximum absolute atomic E-state index is 11.9. The van der Waals surface area contributed by atoms with Gasteiger partial charge in [0.25, 0.3) is 0 Å². The minimum Gasteiger partial charge on any atom is -0.320 e. The van der Waals surface area contributed by atoms with Gasteiger partial charge in [0.05, 0.1) is 16.7 Å². The Bertz CT molecular complexity index is 554. The molecule has 100 valence electrons. The molecular formula is C14H16N2OS2. The highest BCUT2D eigenvalue weighted by atomic mass is 32.2. The lowest BCUT2D eigenvalue weighted by atomic mass is 9.91. The van der Waals surface area contributed by atoms with Crippen molar-refractivity contribution in [3.8, 4) is 6.07 Å². The van der Waals surface area contributed by atoms with Gasteiger partial charge in [-0.05, 0) is 36.1 Å². The van der Waals surface area contributed by atoms with Crippen LogP contribution in [0, 0.1) is 18.3 Å². The standard InChI is InChI=1S/C14H16N2OS2/c1-3-5-19-14-11(8-15)10(7-12(17)16-14)13-9(2)4-6-18-13/h4,6,10H,3,5,7H2,1-2H3,(H,16,17)/t10-/m0/s1. The number of nitrogens with one attached hydrogen (secondary N) is 1. The van der Waals surface area contributed by atoms with Crippen LogP contribution in [-0.2, 0) is 4.79 Å². The monoisotopic (exact) mass is 292 g/mol. The number of thiophene rings is 1. The van der Waals surface area contributed by atoms with Gasteiger partial charge >= 0.3 is 0 Å². The van der Waals surface area contributed by atoms with E-state index in [9.17, 15) is 10.1 Å². The second kappa shape index (κ2) is 6.27. The minimum absolute atomic E-state index is 0.00963. The van der Waals surface area contributed by atoms with Crippen LogP contribution in [-0.4, -0.2) is 11.7 Å². The van der Waals surface area contributed by atoms with E-state index in [1.54, 1.807) is 23.1 Å². The van der Waals surface area contributed by atoms with Crippen LogP contribution >= 0.6 is 23.1 Å². The molecule has 19 heavy (non-hydrogen) atoms. The van der Waals surface area contributed by atoms with Crippen molar-refractivity contribution in [1.29, 1.82) is 5.26 Å². The second-order valence-corrected chi connectivity index (χ2v) is 6.53. The fourth-order valence-electron chi connectivity index (χ4n) is 2.10. The number of thioether (sulfide) groups is 1. The van der Waals surface area contributed by atoms with Crippen molar-refractivity contribution < 1.29 is 4.79 Å². The van der Waals surface area contributed by atoms with E-state index in [1.807, 2.05) is 18.4 Å². The van der Waals surface area contributed by atoms with Crippen LogP contribution in [0.2, 0.25) is 0 Å². The molecule has 1 N–H and O–H groups in total. The number of rotatable bonds is 4. The van der Waals surface area contributed by atoms with E-state index in [2.05, 4.69) is 18.3 Å². The van der Waals surface area contributed by atoms with Gasteiger partial charge in [-0.3, -0.25) is 4.79 Å². The summed E-state index contributed by atoms with van der Waals surface area (Å²) in [7, 11) is 0. The van der Waals surface area contributed by atoms with Crippen molar-refractivity contribution in [2.45, 2.75) is 32.6 Å². The summed E-state index contributed by atoms with van der Waals surface area (Å²) >= 11 is 3.20. The third-order valence-corrected chi connectivity index (χ3v) is 5.38. The summed E-state index contributed by atoms with van der Waals surface area (Å²) in [5.74, 6) is 0.852. The van der Waals surface area contributed by atoms with Gasteiger partial charge in [-0.15, -0.1) is 23.1 Å². The predicted octanol–water partition coefficient (Wildman–Crippen LogP) is 3.54. The van der Waals surface area contributed by atoms with Crippen LogP contribution in [0.15, 0.2) is 22.0 Å². The number of amides is 1. The summed E-state index contributed by atoms with van der Waals surface area (Å²) in [5.41, 5.74) is 1.88. The molecule has 0 saturated heterocycles. The number of carbonyl (C=O) groups is 1. The Hall–Kier alpha value is -1.25. The molecule has 0 aromatic carbocycles. The molecule has 1 aromatic heterocycles. The van der Waals surface area contributed by atoms with Crippen molar-refractivity contribution in [2.24, 2.45) is 0 Å². The molecule has 1 aliphatic heterocycles. The van der Waals surface area contributed by atoms with Gasteiger partial charge in [-0.25, -0.2) is 0 Å². The first-order valence-corrected chi connectivity index (χ1v) is 8.14. The van der Waals surface area contributed by atoms with Gasteiger partial charge in [0.15, 0.2) is 0 Å². The van der Waals surface area contributed by atoms with E-state index in [1.165, 1.54) is 0 Å². The van der Waals surface area contributed by atoms with Crippen LogP contribution in [0.4, 0.5) is 0 Å². The highest BCUT2D eigenvalue weighted by Gasteiger charge is 2.30. The highest BCUT2D eigenvalue weighted by molar-refractivity contribution is 8.03. The van der Waals surface area contributed by atoms with Gasteiger partial charge < -0.3 is 5.32 Å². The minimum atomic E-state index is -0.0712. The number of hydrogen-bond donors (Lipinski definition) is 1. The molecule has 3 nitrogen and oxygen atoms in total. The molecule has 1 atom stereocenters. The molecule has 0 radical (unpaired) electrons. The number of allylic oxidation sites excluding steroid dienone is 1. The summed E-state index contributed by atoms with van der Waals surface area (Å²) < 4.78 is 0. The predicted molar refractivity (Wildman–Crippen MR) is 79.9 cm³/mol. The lowest BCUT2D eigenvalue weighted by molar-refractivity contribution is -0.120. The van der Waals surface area contributed by atoms with Gasteiger partial charge in [0.2, 0.25) is 5.91 Å². The van der Waals surface area contributed by atoms with Crippen LogP contribution < -0.4 is 5.32 Å². The maximum Gasteiger partial charge on any atom is 0.225 e. The molecule has 1 aliphatic rings. The smallest absolute Gasteiger partial charge is 0.225 e. The first-order chi connectivity index (χ1) is 9.17. The Balaban J connectivity index is 2.39. The van der Waals surface area contributed by atoms with Crippen LogP contribution in [0.1, 0.15) is 36.1 Å². The number of nitriles is 1. The van der Waals surface area contributed by atoms with Crippen molar-refractivity contribution in [3.05, 3.63) is 32.5 Å². The molecule has 0 spiro atoms. The highest BCUT2D eigenvalue weighted by Crippen LogP contribution is 2.39. The Morgan fingerprint density at radius 3 is 3.00 bits per heavy atom. The molecule has 5 heteroatoms. The summed E-state index contributed by atoms with van der Waals surface area (Å²) in [5, 5.41) is 15.1. The average Bonchev–Trinajstić information content (AvgIpc) is 2.81. The molecule has 2 rings (SSSR count). The maximum atomic E-state index is 11.9. The molecule has 0 saturated carbocycles. The van der Waals surface area contributed by atoms with Crippen molar-refractivity contribution >= 4 is 29.0 Å². The lowest BCUT2D eigenvalue weighted by Crippen LogP contribution is -2.30. The van der Waals surface area contributed by atoms with E-state index in [4.69, 9.17) is 0 Å². The first-order valence-electron chi connectivity index (χ1n) is 6.28. The zero-order chi connectivity index (χ0) is 13.8. The van der Waals surface area contributed by atoms with Crippen LogP contribution in [0.5, 0.6) is 0 Å². The first kappa shape index (κ1) is 14.2. The fourth-order valence-corrected chi connectivity index (χ4v) is 4.08. The molecular weight excluding hydrogens is 276 g/mol. The van der Waals surface area contributed by atoms with Crippen LogP contribution in [0.3, 0.4) is 0 Å². The summed E-state index contributed by atoms with van der Waals surface area (Å²) in [6.07, 6.45) is 1.39. The van der Waals surface area contributed by atoms with E-state index < -0.39 is 0 Å². The molecule has 0 aliphatic carbocycles. The number of nitrogens with zero attached hydrogens (tertiary/aromatic N) is 1. The Labute approximate surface area is 121 Å². The molecule has 1 amide bonds. The van der Waals surface area contributed by atoms with Crippen molar-refractivity contribution in [3.63, 3.8) is 0 Å². The van der Waals surface area contributed by atoms with E-state index in [0.29, 0.717) is 12.0 Å². The molecule has 0 unspecified atom stereocenters. The van der Waals surface area contributed by atoms with Gasteiger partial charge in [-0.2, -0.15) is 5.26 Å².